The number of hydrogen-bond donors (Lipinski definition) is 8. The molecule has 4 unspecified atom stereocenters. The predicted molar refractivity (Wildman–Crippen MR) is 152 cm³/mol. The second-order valence-electron chi connectivity index (χ2n) is 10.4. The molecule has 0 aliphatic carbocycles. The third kappa shape index (κ3) is 8.78. The van der Waals surface area contributed by atoms with Crippen molar-refractivity contribution in [1.29, 1.82) is 0 Å². The Kier molecular flexibility index (Phi) is 10.8. The molecule has 0 fully saturated rings. The fourth-order valence-electron chi connectivity index (χ4n) is 4.42. The number of aliphatic hydroxyl groups excluding tert-OH is 1. The molecule has 41 heavy (non-hydrogen) atoms. The normalized spacial score (nSPS) is 14.2. The number of aromatic hydroxyl groups is 1. The second kappa shape index (κ2) is 14.3. The van der Waals surface area contributed by atoms with Gasteiger partial charge < -0.3 is 42.0 Å². The molecule has 220 valence electrons. The van der Waals surface area contributed by atoms with E-state index in [1.165, 1.54) is 12.1 Å². The summed E-state index contributed by atoms with van der Waals surface area (Å²) in [6.07, 6.45) is 2.16. The molecule has 0 aliphatic heterocycles. The Balaban J connectivity index is 1.83. The summed E-state index contributed by atoms with van der Waals surface area (Å²) in [5.41, 5.74) is 8.47. The summed E-state index contributed by atoms with van der Waals surface area (Å²) >= 11 is 0. The van der Waals surface area contributed by atoms with Crippen LogP contribution in [0.25, 0.3) is 10.9 Å². The molecule has 1 aromatic heterocycles. The molecule has 12 heteroatoms. The summed E-state index contributed by atoms with van der Waals surface area (Å²) in [5.74, 6) is -3.40. The average molecular weight is 568 g/mol. The number of rotatable bonds is 14. The van der Waals surface area contributed by atoms with Crippen molar-refractivity contribution in [3.05, 3.63) is 65.9 Å². The highest BCUT2D eigenvalue weighted by Crippen LogP contribution is 2.20. The van der Waals surface area contributed by atoms with Gasteiger partial charge in [-0.2, -0.15) is 0 Å². The molecule has 0 bridgehead atoms. The van der Waals surface area contributed by atoms with Crippen LogP contribution >= 0.6 is 0 Å². The van der Waals surface area contributed by atoms with Gasteiger partial charge in [0.2, 0.25) is 17.7 Å². The van der Waals surface area contributed by atoms with Crippen LogP contribution in [0.15, 0.2) is 54.7 Å². The van der Waals surface area contributed by atoms with Crippen LogP contribution in [0.2, 0.25) is 0 Å². The number of H-pyrrole nitrogens is 1. The summed E-state index contributed by atoms with van der Waals surface area (Å²) in [6.45, 7) is 2.85. The molecule has 0 spiro atoms. The zero-order chi connectivity index (χ0) is 30.1. The molecule has 0 aliphatic rings. The molecule has 3 aromatic rings. The fraction of sp³-hybridized carbons (Fsp3) is 0.379. The number of para-hydroxylation sites is 1. The lowest BCUT2D eigenvalue weighted by Crippen LogP contribution is -2.58. The van der Waals surface area contributed by atoms with Crippen LogP contribution in [0.4, 0.5) is 0 Å². The first-order chi connectivity index (χ1) is 19.5. The van der Waals surface area contributed by atoms with E-state index < -0.39 is 54.5 Å². The summed E-state index contributed by atoms with van der Waals surface area (Å²) in [5, 5.41) is 36.5. The molecule has 3 rings (SSSR count). The van der Waals surface area contributed by atoms with Crippen molar-refractivity contribution in [3.63, 3.8) is 0 Å². The quantitative estimate of drug-likeness (QED) is 0.138. The van der Waals surface area contributed by atoms with E-state index in [4.69, 9.17) is 5.73 Å². The lowest BCUT2D eigenvalue weighted by Gasteiger charge is -2.26. The minimum absolute atomic E-state index is 0.0520. The van der Waals surface area contributed by atoms with Gasteiger partial charge in [-0.1, -0.05) is 44.2 Å². The van der Waals surface area contributed by atoms with Crippen LogP contribution in [0.5, 0.6) is 5.75 Å². The van der Waals surface area contributed by atoms with Gasteiger partial charge in [-0.25, -0.2) is 4.79 Å². The second-order valence-corrected chi connectivity index (χ2v) is 10.4. The van der Waals surface area contributed by atoms with E-state index in [0.717, 1.165) is 16.5 Å². The Bertz CT molecular complexity index is 1360. The predicted octanol–water partition coefficient (Wildman–Crippen LogP) is 0.563. The zero-order valence-corrected chi connectivity index (χ0v) is 23.0. The smallest absolute Gasteiger partial charge is 0.328 e. The number of fused-ring (bicyclic) bond motifs is 1. The SMILES string of the molecule is CC(C)CC(NC(=O)C(Cc1c[nH]c2ccccc12)NC(=O)C(N)Cc1ccc(O)cc1)C(=O)NC(CO)C(=O)O. The standard InChI is InChI=1S/C29H37N5O7/c1-16(2)11-23(27(38)34-25(15-35)29(40)41)33-28(39)24(13-18-14-31-22-6-4-3-5-20(18)22)32-26(37)21(30)12-17-7-9-19(36)10-8-17/h3-10,14,16,21,23-25,31,35-36H,11-13,15,30H2,1-2H3,(H,32,37)(H,33,39)(H,34,38)(H,40,41). The van der Waals surface area contributed by atoms with Crippen molar-refractivity contribution in [2.45, 2.75) is 57.3 Å². The maximum Gasteiger partial charge on any atom is 0.328 e. The summed E-state index contributed by atoms with van der Waals surface area (Å²) in [4.78, 5) is 54.1. The lowest BCUT2D eigenvalue weighted by molar-refractivity contribution is -0.143. The highest BCUT2D eigenvalue weighted by Gasteiger charge is 2.31. The number of aliphatic hydroxyl groups is 1. The molecule has 0 saturated carbocycles. The van der Waals surface area contributed by atoms with Crippen LogP contribution in [0.1, 0.15) is 31.4 Å². The van der Waals surface area contributed by atoms with E-state index in [-0.39, 0.29) is 30.9 Å². The number of carbonyl (C=O) groups excluding carboxylic acids is 3. The van der Waals surface area contributed by atoms with Gasteiger partial charge in [0.05, 0.1) is 12.6 Å². The van der Waals surface area contributed by atoms with Crippen molar-refractivity contribution in [1.82, 2.24) is 20.9 Å². The highest BCUT2D eigenvalue weighted by atomic mass is 16.4. The van der Waals surface area contributed by atoms with Crippen LogP contribution in [0.3, 0.4) is 0 Å². The fourth-order valence-corrected chi connectivity index (χ4v) is 4.42. The summed E-state index contributed by atoms with van der Waals surface area (Å²) in [6, 6.07) is 8.95. The Labute approximate surface area is 237 Å². The monoisotopic (exact) mass is 567 g/mol. The summed E-state index contributed by atoms with van der Waals surface area (Å²) < 4.78 is 0. The van der Waals surface area contributed by atoms with E-state index >= 15 is 0 Å². The maximum absolute atomic E-state index is 13.6. The van der Waals surface area contributed by atoms with Gasteiger partial charge in [0.25, 0.3) is 0 Å². The first-order valence-corrected chi connectivity index (χ1v) is 13.3. The number of carboxylic acids is 1. The topological polar surface area (TPSA) is 207 Å². The Morgan fingerprint density at radius 1 is 0.854 bits per heavy atom. The van der Waals surface area contributed by atoms with E-state index in [1.54, 1.807) is 18.3 Å². The number of phenolic OH excluding ortho intramolecular Hbond substituents is 1. The molecule has 4 atom stereocenters. The van der Waals surface area contributed by atoms with Crippen LogP contribution in [-0.2, 0) is 32.0 Å². The maximum atomic E-state index is 13.6. The molecule has 9 N–H and O–H groups in total. The summed E-state index contributed by atoms with van der Waals surface area (Å²) in [7, 11) is 0. The minimum Gasteiger partial charge on any atom is -0.508 e. The van der Waals surface area contributed by atoms with Crippen molar-refractivity contribution < 1.29 is 34.5 Å². The van der Waals surface area contributed by atoms with Crippen LogP contribution in [-0.4, -0.2) is 74.8 Å². The lowest BCUT2D eigenvalue weighted by atomic mass is 10.00. The van der Waals surface area contributed by atoms with Gasteiger partial charge in [-0.3, -0.25) is 14.4 Å². The van der Waals surface area contributed by atoms with Crippen molar-refractivity contribution in [3.8, 4) is 5.75 Å². The Morgan fingerprint density at radius 2 is 1.46 bits per heavy atom. The first kappa shape index (κ1) is 31.1. The largest absolute Gasteiger partial charge is 0.508 e. The molecular weight excluding hydrogens is 530 g/mol. The molecule has 1 heterocycles. The number of aromatic nitrogens is 1. The third-order valence-electron chi connectivity index (χ3n) is 6.60. The van der Waals surface area contributed by atoms with E-state index in [0.29, 0.717) is 5.56 Å². The number of hydrogen-bond acceptors (Lipinski definition) is 7. The van der Waals surface area contributed by atoms with Gasteiger partial charge in [0.15, 0.2) is 0 Å². The van der Waals surface area contributed by atoms with Crippen molar-refractivity contribution in [2.24, 2.45) is 11.7 Å². The van der Waals surface area contributed by atoms with E-state index in [2.05, 4.69) is 20.9 Å². The molecular formula is C29H37N5O7. The van der Waals surface area contributed by atoms with Crippen molar-refractivity contribution >= 4 is 34.6 Å². The Hall–Kier alpha value is -4.42. The molecule has 12 nitrogen and oxygen atoms in total. The third-order valence-corrected chi connectivity index (χ3v) is 6.60. The van der Waals surface area contributed by atoms with Crippen LogP contribution in [0, 0.1) is 5.92 Å². The van der Waals surface area contributed by atoms with Crippen molar-refractivity contribution in [2.75, 3.05) is 6.61 Å². The number of nitrogens with one attached hydrogen (secondary N) is 4. The van der Waals surface area contributed by atoms with Gasteiger partial charge in [-0.05, 0) is 48.1 Å². The van der Waals surface area contributed by atoms with Gasteiger partial charge in [0, 0.05) is 23.5 Å². The molecule has 3 amide bonds. The van der Waals surface area contributed by atoms with Crippen LogP contribution < -0.4 is 21.7 Å². The van der Waals surface area contributed by atoms with Gasteiger partial charge in [0.1, 0.15) is 23.9 Å². The number of phenols is 1. The number of carboxylic acid groups (broad SMARTS) is 1. The number of amides is 3. The highest BCUT2D eigenvalue weighted by molar-refractivity contribution is 5.95. The number of aliphatic carboxylic acids is 1. The van der Waals surface area contributed by atoms with E-state index in [1.807, 2.05) is 38.1 Å². The van der Waals surface area contributed by atoms with Gasteiger partial charge >= 0.3 is 5.97 Å². The molecule has 0 radical (unpaired) electrons. The number of benzene rings is 2. The number of carbonyl (C=O) groups is 4. The van der Waals surface area contributed by atoms with Gasteiger partial charge in [-0.15, -0.1) is 0 Å². The number of nitrogens with two attached hydrogens (primary N) is 1. The number of aromatic amines is 1. The van der Waals surface area contributed by atoms with E-state index in [9.17, 15) is 34.5 Å². The minimum atomic E-state index is -1.53. The molecule has 0 saturated heterocycles. The first-order valence-electron chi connectivity index (χ1n) is 13.3. The molecule has 2 aromatic carbocycles. The Morgan fingerprint density at radius 3 is 2.10 bits per heavy atom. The average Bonchev–Trinajstić information content (AvgIpc) is 3.34. The zero-order valence-electron chi connectivity index (χ0n) is 23.0.